The molecule has 0 spiro atoms. The Bertz CT molecular complexity index is 240. The van der Waals surface area contributed by atoms with E-state index in [-0.39, 0.29) is 18.2 Å². The lowest BCUT2D eigenvalue weighted by Gasteiger charge is -2.22. The summed E-state index contributed by atoms with van der Waals surface area (Å²) < 4.78 is 4.51. The predicted molar refractivity (Wildman–Crippen MR) is 43.8 cm³/mol. The van der Waals surface area contributed by atoms with Crippen molar-refractivity contribution in [2.24, 2.45) is 5.92 Å². The Morgan fingerprint density at radius 1 is 1.85 bits per heavy atom. The summed E-state index contributed by atoms with van der Waals surface area (Å²) in [7, 11) is 1.23. The van der Waals surface area contributed by atoms with E-state index >= 15 is 0 Å². The van der Waals surface area contributed by atoms with Crippen molar-refractivity contribution in [1.82, 2.24) is 5.32 Å². The molecule has 0 aromatic carbocycles. The van der Waals surface area contributed by atoms with Crippen molar-refractivity contribution in [2.75, 3.05) is 13.7 Å². The zero-order valence-electron chi connectivity index (χ0n) is 7.66. The molecule has 0 aliphatic carbocycles. The summed E-state index contributed by atoms with van der Waals surface area (Å²) in [5.41, 5.74) is -1.22. The van der Waals surface area contributed by atoms with Crippen LogP contribution in [0.25, 0.3) is 0 Å². The van der Waals surface area contributed by atoms with Crippen molar-refractivity contribution in [3.63, 3.8) is 0 Å². The molecule has 1 amide bonds. The fourth-order valence-electron chi connectivity index (χ4n) is 1.52. The van der Waals surface area contributed by atoms with Gasteiger partial charge in [0.2, 0.25) is 5.91 Å². The molecule has 1 aliphatic heterocycles. The molecule has 1 aliphatic rings. The molecule has 2 unspecified atom stereocenters. The topological polar surface area (TPSA) is 75.6 Å². The Morgan fingerprint density at radius 2 is 2.46 bits per heavy atom. The van der Waals surface area contributed by atoms with Crippen LogP contribution in [-0.4, -0.2) is 36.2 Å². The maximum Gasteiger partial charge on any atom is 0.334 e. The van der Waals surface area contributed by atoms with Crippen molar-refractivity contribution in [2.45, 2.75) is 18.9 Å². The van der Waals surface area contributed by atoms with Crippen molar-refractivity contribution < 1.29 is 19.4 Å². The maximum absolute atomic E-state index is 11.3. The first-order valence-electron chi connectivity index (χ1n) is 4.07. The number of nitrogens with one attached hydrogen (secondary N) is 1. The van der Waals surface area contributed by atoms with Gasteiger partial charge in [-0.25, -0.2) is 4.79 Å². The molecule has 5 nitrogen and oxygen atoms in total. The van der Waals surface area contributed by atoms with Gasteiger partial charge in [0.05, 0.1) is 13.7 Å². The van der Waals surface area contributed by atoms with Crippen LogP contribution in [0.3, 0.4) is 0 Å². The monoisotopic (exact) mass is 187 g/mol. The van der Waals surface area contributed by atoms with E-state index in [1.165, 1.54) is 7.11 Å². The molecule has 5 heteroatoms. The van der Waals surface area contributed by atoms with Gasteiger partial charge in [-0.15, -0.1) is 0 Å². The standard InChI is InChI=1S/C8H13NO4/c1-5-3-8(4-10,7(12)13-2)9-6(5)11/h5,10H,3-4H2,1-2H3,(H,9,11). The number of carbonyl (C=O) groups excluding carboxylic acids is 2. The van der Waals surface area contributed by atoms with Gasteiger partial charge in [0.15, 0.2) is 5.54 Å². The quantitative estimate of drug-likeness (QED) is 0.546. The van der Waals surface area contributed by atoms with Crippen LogP contribution in [0.4, 0.5) is 0 Å². The zero-order chi connectivity index (χ0) is 10.1. The molecule has 0 aromatic rings. The summed E-state index contributed by atoms with van der Waals surface area (Å²) in [5, 5.41) is 11.5. The van der Waals surface area contributed by atoms with E-state index in [0.717, 1.165) is 0 Å². The molecule has 1 saturated heterocycles. The van der Waals surface area contributed by atoms with Gasteiger partial charge in [-0.05, 0) is 6.42 Å². The number of hydrogen-bond acceptors (Lipinski definition) is 4. The second-order valence-electron chi connectivity index (χ2n) is 3.33. The fraction of sp³-hybridized carbons (Fsp3) is 0.750. The molecule has 0 saturated carbocycles. The average molecular weight is 187 g/mol. The van der Waals surface area contributed by atoms with Gasteiger partial charge in [0.25, 0.3) is 0 Å². The van der Waals surface area contributed by atoms with E-state index in [1.807, 2.05) is 0 Å². The fourth-order valence-corrected chi connectivity index (χ4v) is 1.52. The van der Waals surface area contributed by atoms with Gasteiger partial charge >= 0.3 is 5.97 Å². The van der Waals surface area contributed by atoms with E-state index in [4.69, 9.17) is 5.11 Å². The smallest absolute Gasteiger partial charge is 0.334 e. The third-order valence-corrected chi connectivity index (χ3v) is 2.31. The molecular formula is C8H13NO4. The Labute approximate surface area is 76.1 Å². The first-order chi connectivity index (χ1) is 6.05. The molecule has 1 heterocycles. The number of hydrogen-bond donors (Lipinski definition) is 2. The predicted octanol–water partition coefficient (Wildman–Crippen LogP) is -0.953. The molecule has 1 rings (SSSR count). The number of aliphatic hydroxyl groups is 1. The van der Waals surface area contributed by atoms with Gasteiger partial charge in [0.1, 0.15) is 0 Å². The minimum Gasteiger partial charge on any atom is -0.467 e. The highest BCUT2D eigenvalue weighted by atomic mass is 16.5. The number of aliphatic hydroxyl groups excluding tert-OH is 1. The minimum absolute atomic E-state index is 0.223. The number of ether oxygens (including phenoxy) is 1. The van der Waals surface area contributed by atoms with E-state index in [9.17, 15) is 9.59 Å². The van der Waals surface area contributed by atoms with Gasteiger partial charge < -0.3 is 15.2 Å². The Kier molecular flexibility index (Phi) is 2.56. The first-order valence-corrected chi connectivity index (χ1v) is 4.07. The molecule has 74 valence electrons. The second kappa shape index (κ2) is 3.33. The number of rotatable bonds is 2. The van der Waals surface area contributed by atoms with Crippen molar-refractivity contribution >= 4 is 11.9 Å². The lowest BCUT2D eigenvalue weighted by molar-refractivity contribution is -0.150. The van der Waals surface area contributed by atoms with Gasteiger partial charge in [-0.1, -0.05) is 6.92 Å². The second-order valence-corrected chi connectivity index (χ2v) is 3.33. The van der Waals surface area contributed by atoms with Crippen LogP contribution in [0.5, 0.6) is 0 Å². The Hall–Kier alpha value is -1.10. The van der Waals surface area contributed by atoms with Gasteiger partial charge in [0, 0.05) is 5.92 Å². The minimum atomic E-state index is -1.22. The van der Waals surface area contributed by atoms with Gasteiger partial charge in [-0.3, -0.25) is 4.79 Å². The molecule has 13 heavy (non-hydrogen) atoms. The first kappa shape index (κ1) is 9.98. The third kappa shape index (κ3) is 1.51. The highest BCUT2D eigenvalue weighted by Gasteiger charge is 2.48. The number of carbonyl (C=O) groups is 2. The van der Waals surface area contributed by atoms with E-state index in [2.05, 4.69) is 10.1 Å². The molecule has 2 N–H and O–H groups in total. The van der Waals surface area contributed by atoms with E-state index < -0.39 is 18.1 Å². The van der Waals surface area contributed by atoms with Crippen molar-refractivity contribution in [1.29, 1.82) is 0 Å². The molecule has 2 atom stereocenters. The molecule has 1 fully saturated rings. The van der Waals surface area contributed by atoms with Crippen LogP contribution in [-0.2, 0) is 14.3 Å². The SMILES string of the molecule is COC(=O)C1(CO)CC(C)C(=O)N1. The number of esters is 1. The average Bonchev–Trinajstić information content (AvgIpc) is 2.42. The van der Waals surface area contributed by atoms with Crippen molar-refractivity contribution in [3.05, 3.63) is 0 Å². The van der Waals surface area contributed by atoms with Crippen molar-refractivity contribution in [3.8, 4) is 0 Å². The van der Waals surface area contributed by atoms with Crippen LogP contribution in [0.1, 0.15) is 13.3 Å². The summed E-state index contributed by atoms with van der Waals surface area (Å²) in [6.07, 6.45) is 0.287. The maximum atomic E-state index is 11.3. The Balaban J connectivity index is 2.85. The number of methoxy groups -OCH3 is 1. The third-order valence-electron chi connectivity index (χ3n) is 2.31. The van der Waals surface area contributed by atoms with Gasteiger partial charge in [-0.2, -0.15) is 0 Å². The number of amides is 1. The Morgan fingerprint density at radius 3 is 2.77 bits per heavy atom. The van der Waals surface area contributed by atoms with Crippen LogP contribution in [0.15, 0.2) is 0 Å². The van der Waals surface area contributed by atoms with E-state index in [1.54, 1.807) is 6.92 Å². The molecule has 0 bridgehead atoms. The summed E-state index contributed by atoms with van der Waals surface area (Å²) in [5.74, 6) is -1.07. The largest absolute Gasteiger partial charge is 0.467 e. The van der Waals surface area contributed by atoms with Crippen LogP contribution in [0.2, 0.25) is 0 Å². The zero-order valence-corrected chi connectivity index (χ0v) is 7.66. The summed E-state index contributed by atoms with van der Waals surface area (Å²) in [4.78, 5) is 22.4. The highest BCUT2D eigenvalue weighted by molar-refractivity contribution is 5.93. The summed E-state index contributed by atoms with van der Waals surface area (Å²) >= 11 is 0. The summed E-state index contributed by atoms with van der Waals surface area (Å²) in [6, 6.07) is 0. The molecular weight excluding hydrogens is 174 g/mol. The summed E-state index contributed by atoms with van der Waals surface area (Å²) in [6.45, 7) is 1.28. The van der Waals surface area contributed by atoms with Crippen LogP contribution >= 0.6 is 0 Å². The normalized spacial score (nSPS) is 32.8. The lowest BCUT2D eigenvalue weighted by atomic mass is 9.94. The molecule has 0 radical (unpaired) electrons. The lowest BCUT2D eigenvalue weighted by Crippen LogP contribution is -2.52. The molecule has 0 aromatic heterocycles. The highest BCUT2D eigenvalue weighted by Crippen LogP contribution is 2.25. The van der Waals surface area contributed by atoms with Crippen LogP contribution in [0, 0.1) is 5.92 Å². The van der Waals surface area contributed by atoms with E-state index in [0.29, 0.717) is 0 Å². The van der Waals surface area contributed by atoms with Crippen LogP contribution < -0.4 is 5.32 Å².